The van der Waals surface area contributed by atoms with E-state index >= 15 is 0 Å². The number of carbonyl (C=O) groups is 2. The fraction of sp³-hybridized carbons (Fsp3) is 0.429. The van der Waals surface area contributed by atoms with Crippen LogP contribution in [0, 0.1) is 18.7 Å². The van der Waals surface area contributed by atoms with E-state index in [0.29, 0.717) is 18.5 Å². The van der Waals surface area contributed by atoms with Crippen LogP contribution in [0.2, 0.25) is 0 Å². The minimum Gasteiger partial charge on any atom is -0.481 e. The molecule has 1 aliphatic rings. The standard InChI is InChI=1S/C14H16FNO3/c1-9-6-10(2-3-12(9)15)4-5-16-8-11(14(18)19)7-13(16)17/h2-3,6,11H,4-5,7-8H2,1H3,(H,18,19). The molecule has 1 aliphatic heterocycles. The molecule has 1 atom stereocenters. The van der Waals surface area contributed by atoms with Gasteiger partial charge < -0.3 is 10.0 Å². The number of nitrogens with zero attached hydrogens (tertiary/aromatic N) is 1. The first-order valence-corrected chi connectivity index (χ1v) is 6.23. The smallest absolute Gasteiger partial charge is 0.308 e. The lowest BCUT2D eigenvalue weighted by molar-refractivity contribution is -0.141. The second kappa shape index (κ2) is 5.38. The van der Waals surface area contributed by atoms with Crippen molar-refractivity contribution in [3.8, 4) is 0 Å². The first-order chi connectivity index (χ1) is 8.97. The molecule has 0 radical (unpaired) electrons. The van der Waals surface area contributed by atoms with Crippen molar-refractivity contribution in [3.05, 3.63) is 35.1 Å². The third-order valence-electron chi connectivity index (χ3n) is 3.46. The van der Waals surface area contributed by atoms with Crippen molar-refractivity contribution in [2.45, 2.75) is 19.8 Å². The Balaban J connectivity index is 1.94. The molecule has 0 saturated carbocycles. The molecule has 1 heterocycles. The van der Waals surface area contributed by atoms with Gasteiger partial charge in [0.05, 0.1) is 5.92 Å². The average molecular weight is 265 g/mol. The highest BCUT2D eigenvalue weighted by Crippen LogP contribution is 2.18. The number of benzene rings is 1. The van der Waals surface area contributed by atoms with E-state index in [9.17, 15) is 14.0 Å². The molecule has 0 aromatic heterocycles. The van der Waals surface area contributed by atoms with Gasteiger partial charge in [0.2, 0.25) is 5.91 Å². The number of halogens is 1. The van der Waals surface area contributed by atoms with Crippen LogP contribution in [0.5, 0.6) is 0 Å². The maximum absolute atomic E-state index is 13.1. The van der Waals surface area contributed by atoms with E-state index in [1.165, 1.54) is 6.07 Å². The molecule has 19 heavy (non-hydrogen) atoms. The largest absolute Gasteiger partial charge is 0.481 e. The summed E-state index contributed by atoms with van der Waals surface area (Å²) in [6.45, 7) is 2.45. The SMILES string of the molecule is Cc1cc(CCN2CC(C(=O)O)CC2=O)ccc1F. The molecule has 0 bridgehead atoms. The number of carbonyl (C=O) groups excluding carboxylic acids is 1. The molecular formula is C14H16FNO3. The van der Waals surface area contributed by atoms with Crippen LogP contribution in [0.15, 0.2) is 18.2 Å². The Morgan fingerprint density at radius 1 is 1.53 bits per heavy atom. The van der Waals surface area contributed by atoms with Crippen LogP contribution < -0.4 is 0 Å². The van der Waals surface area contributed by atoms with Gasteiger partial charge in [-0.1, -0.05) is 12.1 Å². The van der Waals surface area contributed by atoms with Crippen LogP contribution in [-0.4, -0.2) is 35.0 Å². The van der Waals surface area contributed by atoms with E-state index in [4.69, 9.17) is 5.11 Å². The van der Waals surface area contributed by atoms with Crippen LogP contribution in [-0.2, 0) is 16.0 Å². The number of carboxylic acid groups (broad SMARTS) is 1. The van der Waals surface area contributed by atoms with Gasteiger partial charge in [0.1, 0.15) is 5.82 Å². The highest BCUT2D eigenvalue weighted by molar-refractivity contribution is 5.86. The predicted molar refractivity (Wildman–Crippen MR) is 67.2 cm³/mol. The van der Waals surface area contributed by atoms with Crippen molar-refractivity contribution in [2.75, 3.05) is 13.1 Å². The number of carboxylic acids is 1. The van der Waals surface area contributed by atoms with Gasteiger partial charge in [-0.2, -0.15) is 0 Å². The summed E-state index contributed by atoms with van der Waals surface area (Å²) in [6, 6.07) is 4.86. The molecule has 1 unspecified atom stereocenters. The lowest BCUT2D eigenvalue weighted by Gasteiger charge is -2.16. The summed E-state index contributed by atoms with van der Waals surface area (Å²) >= 11 is 0. The number of aryl methyl sites for hydroxylation is 1. The predicted octanol–water partition coefficient (Wildman–Crippen LogP) is 1.61. The monoisotopic (exact) mass is 265 g/mol. The van der Waals surface area contributed by atoms with Crippen LogP contribution in [0.4, 0.5) is 4.39 Å². The molecule has 0 aliphatic carbocycles. The Labute approximate surface area is 110 Å². The molecule has 1 N–H and O–H groups in total. The number of amides is 1. The van der Waals surface area contributed by atoms with Gasteiger partial charge in [0, 0.05) is 19.5 Å². The summed E-state index contributed by atoms with van der Waals surface area (Å²) in [5, 5.41) is 8.88. The second-order valence-corrected chi connectivity index (χ2v) is 4.91. The van der Waals surface area contributed by atoms with Gasteiger partial charge in [-0.25, -0.2) is 4.39 Å². The van der Waals surface area contributed by atoms with Crippen LogP contribution >= 0.6 is 0 Å². The van der Waals surface area contributed by atoms with Crippen molar-refractivity contribution in [2.24, 2.45) is 5.92 Å². The van der Waals surface area contributed by atoms with E-state index in [0.717, 1.165) is 5.56 Å². The third-order valence-corrected chi connectivity index (χ3v) is 3.46. The Bertz CT molecular complexity index is 515. The summed E-state index contributed by atoms with van der Waals surface area (Å²) in [7, 11) is 0. The molecule has 1 aromatic carbocycles. The maximum Gasteiger partial charge on any atom is 0.308 e. The highest BCUT2D eigenvalue weighted by Gasteiger charge is 2.33. The molecular weight excluding hydrogens is 249 g/mol. The fourth-order valence-corrected chi connectivity index (χ4v) is 2.28. The van der Waals surface area contributed by atoms with E-state index in [1.54, 1.807) is 24.0 Å². The van der Waals surface area contributed by atoms with E-state index in [2.05, 4.69) is 0 Å². The number of hydrogen-bond donors (Lipinski definition) is 1. The lowest BCUT2D eigenvalue weighted by atomic mass is 10.1. The third kappa shape index (κ3) is 3.10. The van der Waals surface area contributed by atoms with Gasteiger partial charge in [-0.15, -0.1) is 0 Å². The number of rotatable bonds is 4. The summed E-state index contributed by atoms with van der Waals surface area (Å²) < 4.78 is 13.1. The van der Waals surface area contributed by atoms with Gasteiger partial charge in [0.25, 0.3) is 0 Å². The van der Waals surface area contributed by atoms with Crippen molar-refractivity contribution in [1.29, 1.82) is 0 Å². The number of aliphatic carboxylic acids is 1. The summed E-state index contributed by atoms with van der Waals surface area (Å²) in [6.07, 6.45) is 0.691. The Kier molecular flexibility index (Phi) is 3.83. The van der Waals surface area contributed by atoms with Crippen molar-refractivity contribution < 1.29 is 19.1 Å². The Hall–Kier alpha value is -1.91. The summed E-state index contributed by atoms with van der Waals surface area (Å²) in [4.78, 5) is 24.0. The normalized spacial score (nSPS) is 18.9. The summed E-state index contributed by atoms with van der Waals surface area (Å²) in [5.41, 5.74) is 1.53. The zero-order valence-corrected chi connectivity index (χ0v) is 10.7. The van der Waals surface area contributed by atoms with Crippen LogP contribution in [0.25, 0.3) is 0 Å². The zero-order valence-electron chi connectivity index (χ0n) is 10.7. The van der Waals surface area contributed by atoms with Crippen LogP contribution in [0.3, 0.4) is 0 Å². The van der Waals surface area contributed by atoms with Crippen molar-refractivity contribution in [3.63, 3.8) is 0 Å². The Morgan fingerprint density at radius 3 is 2.84 bits per heavy atom. The topological polar surface area (TPSA) is 57.6 Å². The molecule has 4 nitrogen and oxygen atoms in total. The highest BCUT2D eigenvalue weighted by atomic mass is 19.1. The van der Waals surface area contributed by atoms with Gasteiger partial charge in [0.15, 0.2) is 0 Å². The first-order valence-electron chi connectivity index (χ1n) is 6.23. The molecule has 1 saturated heterocycles. The Morgan fingerprint density at radius 2 is 2.26 bits per heavy atom. The second-order valence-electron chi connectivity index (χ2n) is 4.91. The van der Waals surface area contributed by atoms with Crippen molar-refractivity contribution >= 4 is 11.9 Å². The number of likely N-dealkylation sites (tertiary alicyclic amines) is 1. The van der Waals surface area contributed by atoms with Gasteiger partial charge in [-0.05, 0) is 30.5 Å². The maximum atomic E-state index is 13.1. The molecule has 1 amide bonds. The van der Waals surface area contributed by atoms with E-state index < -0.39 is 11.9 Å². The average Bonchev–Trinajstić information content (AvgIpc) is 2.73. The first kappa shape index (κ1) is 13.5. The molecule has 102 valence electrons. The quantitative estimate of drug-likeness (QED) is 0.899. The molecule has 5 heteroatoms. The van der Waals surface area contributed by atoms with Gasteiger partial charge in [-0.3, -0.25) is 9.59 Å². The van der Waals surface area contributed by atoms with E-state index in [1.807, 2.05) is 0 Å². The van der Waals surface area contributed by atoms with E-state index in [-0.39, 0.29) is 24.7 Å². The number of hydrogen-bond acceptors (Lipinski definition) is 2. The molecule has 1 fully saturated rings. The molecule has 1 aromatic rings. The fourth-order valence-electron chi connectivity index (χ4n) is 2.28. The lowest BCUT2D eigenvalue weighted by Crippen LogP contribution is -2.28. The van der Waals surface area contributed by atoms with Gasteiger partial charge >= 0.3 is 5.97 Å². The minimum atomic E-state index is -0.923. The van der Waals surface area contributed by atoms with Crippen LogP contribution in [0.1, 0.15) is 17.5 Å². The zero-order chi connectivity index (χ0) is 14.0. The van der Waals surface area contributed by atoms with Crippen molar-refractivity contribution in [1.82, 2.24) is 4.90 Å². The minimum absolute atomic E-state index is 0.0811. The summed E-state index contributed by atoms with van der Waals surface area (Å²) in [5.74, 6) is -1.88. The molecule has 2 rings (SSSR count). The molecule has 0 spiro atoms.